The van der Waals surface area contributed by atoms with E-state index in [4.69, 9.17) is 5.26 Å². The van der Waals surface area contributed by atoms with Crippen LogP contribution in [0.25, 0.3) is 32.9 Å². The van der Waals surface area contributed by atoms with Crippen molar-refractivity contribution in [2.45, 2.75) is 6.42 Å². The molecule has 3 aromatic carbocycles. The highest BCUT2D eigenvalue weighted by Gasteiger charge is 2.09. The van der Waals surface area contributed by atoms with Crippen molar-refractivity contribution in [3.8, 4) is 17.2 Å². The maximum Gasteiger partial charge on any atom is 0.0669 e. The van der Waals surface area contributed by atoms with E-state index in [-0.39, 0.29) is 0 Å². The number of hydrogen-bond donors (Lipinski definition) is 0. The Bertz CT molecular complexity index is 1060. The van der Waals surface area contributed by atoms with Gasteiger partial charge in [-0.1, -0.05) is 48.5 Å². The fraction of sp³-hybridized carbons (Fsp3) is 0.0952. The Balaban J connectivity index is 1.94. The maximum absolute atomic E-state index is 8.89. The van der Waals surface area contributed by atoms with Gasteiger partial charge < -0.3 is 4.57 Å². The number of para-hydroxylation sites is 1. The van der Waals surface area contributed by atoms with Crippen molar-refractivity contribution >= 4 is 21.8 Å². The second kappa shape index (κ2) is 5.30. The van der Waals surface area contributed by atoms with Gasteiger partial charge in [0.15, 0.2) is 0 Å². The van der Waals surface area contributed by atoms with E-state index in [2.05, 4.69) is 72.3 Å². The summed E-state index contributed by atoms with van der Waals surface area (Å²) in [7, 11) is 2.11. The predicted molar refractivity (Wildman–Crippen MR) is 95.2 cm³/mol. The van der Waals surface area contributed by atoms with Gasteiger partial charge in [0.25, 0.3) is 0 Å². The molecule has 4 rings (SSSR count). The summed E-state index contributed by atoms with van der Waals surface area (Å²) < 4.78 is 2.24. The van der Waals surface area contributed by atoms with E-state index in [1.807, 2.05) is 12.1 Å². The molecule has 0 saturated heterocycles. The van der Waals surface area contributed by atoms with E-state index in [0.29, 0.717) is 6.42 Å². The zero-order valence-corrected chi connectivity index (χ0v) is 13.0. The molecule has 0 radical (unpaired) electrons. The predicted octanol–water partition coefficient (Wildman–Crippen LogP) is 5.06. The molecule has 23 heavy (non-hydrogen) atoms. The Morgan fingerprint density at radius 3 is 2.48 bits per heavy atom. The molecule has 0 aliphatic heterocycles. The number of hydrogen-bond acceptors (Lipinski definition) is 1. The third-order valence-corrected chi connectivity index (χ3v) is 4.46. The Kier molecular flexibility index (Phi) is 3.13. The number of aryl methyl sites for hydroxylation is 1. The summed E-state index contributed by atoms with van der Waals surface area (Å²) in [5.74, 6) is 0. The van der Waals surface area contributed by atoms with Gasteiger partial charge in [0.1, 0.15) is 0 Å². The van der Waals surface area contributed by atoms with Gasteiger partial charge in [-0.05, 0) is 34.9 Å². The summed E-state index contributed by atoms with van der Waals surface area (Å²) >= 11 is 0. The first-order valence-corrected chi connectivity index (χ1v) is 7.71. The van der Waals surface area contributed by atoms with E-state index < -0.39 is 0 Å². The summed E-state index contributed by atoms with van der Waals surface area (Å²) in [6, 6.07) is 25.5. The van der Waals surface area contributed by atoms with Crippen LogP contribution in [-0.4, -0.2) is 4.57 Å². The average Bonchev–Trinajstić information content (AvgIpc) is 2.88. The summed E-state index contributed by atoms with van der Waals surface area (Å²) in [6.45, 7) is 0. The minimum atomic E-state index is 0.449. The number of nitrogens with zero attached hydrogens (tertiary/aromatic N) is 2. The molecule has 0 bridgehead atoms. The zero-order chi connectivity index (χ0) is 15.8. The third-order valence-electron chi connectivity index (χ3n) is 4.46. The molecule has 1 aromatic heterocycles. The monoisotopic (exact) mass is 296 g/mol. The fourth-order valence-corrected chi connectivity index (χ4v) is 3.30. The van der Waals surface area contributed by atoms with Gasteiger partial charge in [0, 0.05) is 28.9 Å². The summed E-state index contributed by atoms with van der Waals surface area (Å²) in [5.41, 5.74) is 5.89. The SMILES string of the molecule is Cn1c2ccccc2c2cc(-c3cccc(CC#N)c3)ccc21. The van der Waals surface area contributed by atoms with Crippen LogP contribution in [0.15, 0.2) is 66.7 Å². The molecule has 110 valence electrons. The van der Waals surface area contributed by atoms with Crippen molar-refractivity contribution in [3.63, 3.8) is 0 Å². The molecule has 1 heterocycles. The first-order chi connectivity index (χ1) is 11.3. The average molecular weight is 296 g/mol. The highest BCUT2D eigenvalue weighted by atomic mass is 14.9. The molecule has 0 fully saturated rings. The van der Waals surface area contributed by atoms with Crippen LogP contribution in [0.4, 0.5) is 0 Å². The molecule has 2 heteroatoms. The molecule has 4 aromatic rings. The second-order valence-electron chi connectivity index (χ2n) is 5.84. The minimum absolute atomic E-state index is 0.449. The van der Waals surface area contributed by atoms with Gasteiger partial charge in [-0.25, -0.2) is 0 Å². The van der Waals surface area contributed by atoms with Gasteiger partial charge in [-0.3, -0.25) is 0 Å². The van der Waals surface area contributed by atoms with Crippen LogP contribution in [0.3, 0.4) is 0 Å². The van der Waals surface area contributed by atoms with E-state index in [1.165, 1.54) is 27.4 Å². The molecule has 0 unspecified atom stereocenters. The second-order valence-corrected chi connectivity index (χ2v) is 5.84. The molecule has 0 atom stereocenters. The highest BCUT2D eigenvalue weighted by molar-refractivity contribution is 6.09. The first-order valence-electron chi connectivity index (χ1n) is 7.71. The summed E-state index contributed by atoms with van der Waals surface area (Å²) in [6.07, 6.45) is 0.449. The van der Waals surface area contributed by atoms with Crippen LogP contribution in [0.5, 0.6) is 0 Å². The largest absolute Gasteiger partial charge is 0.344 e. The number of benzene rings is 3. The lowest BCUT2D eigenvalue weighted by Gasteiger charge is -2.05. The topological polar surface area (TPSA) is 28.7 Å². The van der Waals surface area contributed by atoms with Crippen molar-refractivity contribution in [1.29, 1.82) is 5.26 Å². The van der Waals surface area contributed by atoms with Crippen LogP contribution in [0, 0.1) is 11.3 Å². The maximum atomic E-state index is 8.89. The van der Waals surface area contributed by atoms with E-state index in [1.54, 1.807) is 0 Å². The van der Waals surface area contributed by atoms with Gasteiger partial charge in [-0.2, -0.15) is 5.26 Å². The van der Waals surface area contributed by atoms with Crippen molar-refractivity contribution in [3.05, 3.63) is 72.3 Å². The van der Waals surface area contributed by atoms with Crippen LogP contribution >= 0.6 is 0 Å². The standard InChI is InChI=1S/C21H16N2/c1-23-20-8-3-2-7-18(20)19-14-17(9-10-21(19)23)16-6-4-5-15(13-16)11-12-22/h2-10,13-14H,11H2,1H3. The Morgan fingerprint density at radius 1 is 0.826 bits per heavy atom. The van der Waals surface area contributed by atoms with Crippen LogP contribution in [0.1, 0.15) is 5.56 Å². The third kappa shape index (κ3) is 2.18. The fourth-order valence-electron chi connectivity index (χ4n) is 3.30. The number of aromatic nitrogens is 1. The van der Waals surface area contributed by atoms with E-state index >= 15 is 0 Å². The minimum Gasteiger partial charge on any atom is -0.344 e. The number of nitriles is 1. The lowest BCUT2D eigenvalue weighted by atomic mass is 10.00. The highest BCUT2D eigenvalue weighted by Crippen LogP contribution is 2.32. The van der Waals surface area contributed by atoms with E-state index in [0.717, 1.165) is 11.1 Å². The van der Waals surface area contributed by atoms with Crippen molar-refractivity contribution in [2.24, 2.45) is 7.05 Å². The summed E-state index contributed by atoms with van der Waals surface area (Å²) in [4.78, 5) is 0. The first kappa shape index (κ1) is 13.6. The molecule has 2 nitrogen and oxygen atoms in total. The van der Waals surface area contributed by atoms with Gasteiger partial charge in [-0.15, -0.1) is 0 Å². The molecular weight excluding hydrogens is 280 g/mol. The van der Waals surface area contributed by atoms with Crippen molar-refractivity contribution < 1.29 is 0 Å². The number of fused-ring (bicyclic) bond motifs is 3. The Morgan fingerprint density at radius 2 is 1.61 bits per heavy atom. The van der Waals surface area contributed by atoms with Crippen molar-refractivity contribution in [1.82, 2.24) is 4.57 Å². The van der Waals surface area contributed by atoms with Gasteiger partial charge in [0.2, 0.25) is 0 Å². The van der Waals surface area contributed by atoms with Crippen LogP contribution in [-0.2, 0) is 13.5 Å². The molecule has 0 spiro atoms. The van der Waals surface area contributed by atoms with Crippen LogP contribution < -0.4 is 0 Å². The Labute approximate surface area is 135 Å². The van der Waals surface area contributed by atoms with Gasteiger partial charge in [0.05, 0.1) is 12.5 Å². The normalized spacial score (nSPS) is 11.0. The van der Waals surface area contributed by atoms with Gasteiger partial charge >= 0.3 is 0 Å². The van der Waals surface area contributed by atoms with E-state index in [9.17, 15) is 0 Å². The van der Waals surface area contributed by atoms with Crippen LogP contribution in [0.2, 0.25) is 0 Å². The smallest absolute Gasteiger partial charge is 0.0669 e. The molecular formula is C21H16N2. The quantitative estimate of drug-likeness (QED) is 0.508. The molecule has 0 saturated carbocycles. The molecule has 0 aliphatic rings. The Hall–Kier alpha value is -3.05. The molecule has 0 N–H and O–H groups in total. The number of rotatable bonds is 2. The zero-order valence-electron chi connectivity index (χ0n) is 13.0. The molecule has 0 amide bonds. The molecule has 0 aliphatic carbocycles. The lowest BCUT2D eigenvalue weighted by Crippen LogP contribution is -1.86. The summed E-state index contributed by atoms with van der Waals surface area (Å²) in [5, 5.41) is 11.4. The lowest BCUT2D eigenvalue weighted by molar-refractivity contribution is 1.01. The van der Waals surface area contributed by atoms with Crippen molar-refractivity contribution in [2.75, 3.05) is 0 Å².